The molecule has 0 N–H and O–H groups in total. The predicted molar refractivity (Wildman–Crippen MR) is 91.6 cm³/mol. The molecule has 1 heterocycles. The van der Waals surface area contributed by atoms with Crippen LogP contribution in [0.4, 0.5) is 8.78 Å². The molecular weight excluding hydrogens is 332 g/mol. The van der Waals surface area contributed by atoms with Crippen molar-refractivity contribution < 1.29 is 13.5 Å². The van der Waals surface area contributed by atoms with Crippen molar-refractivity contribution in [3.05, 3.63) is 58.9 Å². The summed E-state index contributed by atoms with van der Waals surface area (Å²) in [6.45, 7) is -1.17. The number of aromatic nitrogens is 1. The van der Waals surface area contributed by atoms with E-state index in [1.165, 1.54) is 17.4 Å². The van der Waals surface area contributed by atoms with Crippen molar-refractivity contribution in [3.8, 4) is 5.75 Å². The van der Waals surface area contributed by atoms with Gasteiger partial charge in [-0.3, -0.25) is 0 Å². The first-order chi connectivity index (χ1) is 11.6. The molecule has 0 aliphatic carbocycles. The first-order valence-electron chi connectivity index (χ1n) is 7.23. The monoisotopic (exact) mass is 347 g/mol. The smallest absolute Gasteiger partial charge is 0.387 e. The molecule has 0 saturated heterocycles. The number of para-hydroxylation sites is 2. The Morgan fingerprint density at radius 2 is 1.83 bits per heavy atom. The van der Waals surface area contributed by atoms with E-state index in [4.69, 9.17) is 0 Å². The average molecular weight is 347 g/mol. The fourth-order valence-corrected chi connectivity index (χ4v) is 3.28. The molecule has 3 rings (SSSR count). The maximum absolute atomic E-state index is 12.5. The number of thiazole rings is 1. The van der Waals surface area contributed by atoms with Crippen molar-refractivity contribution in [2.75, 3.05) is 0 Å². The lowest BCUT2D eigenvalue weighted by Crippen LogP contribution is -2.10. The molecule has 0 radical (unpaired) electrons. The van der Waals surface area contributed by atoms with Crippen molar-refractivity contribution in [3.63, 3.8) is 0 Å². The van der Waals surface area contributed by atoms with Gasteiger partial charge < -0.3 is 9.30 Å². The summed E-state index contributed by atoms with van der Waals surface area (Å²) >= 11 is 1.51. The molecule has 3 aromatic rings. The second-order valence-electron chi connectivity index (χ2n) is 5.07. The topological polar surface area (TPSA) is 38.9 Å². The van der Waals surface area contributed by atoms with E-state index in [1.54, 1.807) is 25.1 Å². The molecular formula is C17H15F2N3OS. The number of hydrogen-bond acceptors (Lipinski definition) is 4. The molecule has 0 aliphatic rings. The minimum absolute atomic E-state index is 0.0877. The van der Waals surface area contributed by atoms with Crippen LogP contribution in [0.5, 0.6) is 5.75 Å². The molecule has 0 saturated carbocycles. The molecule has 0 fully saturated rings. The SMILES string of the molecule is CC(=NN=c1sc2ccccc2n1C)c1ccccc1OC(F)F. The number of alkyl halides is 2. The van der Waals surface area contributed by atoms with Gasteiger partial charge in [-0.05, 0) is 31.2 Å². The molecule has 0 bridgehead atoms. The third-order valence-electron chi connectivity index (χ3n) is 3.49. The van der Waals surface area contributed by atoms with E-state index in [1.807, 2.05) is 35.9 Å². The van der Waals surface area contributed by atoms with Gasteiger partial charge in [0.05, 0.1) is 15.9 Å². The Morgan fingerprint density at radius 1 is 1.12 bits per heavy atom. The van der Waals surface area contributed by atoms with Crippen LogP contribution in [-0.2, 0) is 7.05 Å². The lowest BCUT2D eigenvalue weighted by molar-refractivity contribution is -0.0499. The first kappa shape index (κ1) is 16.3. The number of rotatable bonds is 4. The van der Waals surface area contributed by atoms with E-state index >= 15 is 0 Å². The van der Waals surface area contributed by atoms with E-state index < -0.39 is 6.61 Å². The number of nitrogens with zero attached hydrogens (tertiary/aromatic N) is 3. The zero-order chi connectivity index (χ0) is 17.1. The minimum atomic E-state index is -2.88. The Hall–Kier alpha value is -2.54. The Kier molecular flexibility index (Phi) is 4.71. The van der Waals surface area contributed by atoms with Crippen LogP contribution in [0.3, 0.4) is 0 Å². The Bertz CT molecular complexity index is 960. The lowest BCUT2D eigenvalue weighted by atomic mass is 10.1. The number of benzene rings is 2. The summed E-state index contributed by atoms with van der Waals surface area (Å²) in [6.07, 6.45) is 0. The van der Waals surface area contributed by atoms with Gasteiger partial charge in [-0.15, -0.1) is 5.10 Å². The van der Waals surface area contributed by atoms with Crippen molar-refractivity contribution in [1.82, 2.24) is 4.57 Å². The molecule has 0 amide bonds. The van der Waals surface area contributed by atoms with Crippen LogP contribution in [0.2, 0.25) is 0 Å². The number of fused-ring (bicyclic) bond motifs is 1. The van der Waals surface area contributed by atoms with Gasteiger partial charge in [-0.2, -0.15) is 13.9 Å². The first-order valence-corrected chi connectivity index (χ1v) is 8.05. The molecule has 0 spiro atoms. The zero-order valence-electron chi connectivity index (χ0n) is 13.1. The highest BCUT2D eigenvalue weighted by atomic mass is 32.1. The zero-order valence-corrected chi connectivity index (χ0v) is 13.9. The highest BCUT2D eigenvalue weighted by molar-refractivity contribution is 7.16. The molecule has 0 aliphatic heterocycles. The van der Waals surface area contributed by atoms with Crippen LogP contribution < -0.4 is 9.54 Å². The van der Waals surface area contributed by atoms with Gasteiger partial charge in [-0.1, -0.05) is 35.6 Å². The summed E-state index contributed by atoms with van der Waals surface area (Å²) in [5.41, 5.74) is 2.06. The molecule has 2 aromatic carbocycles. The summed E-state index contributed by atoms with van der Waals surface area (Å²) in [5, 5.41) is 8.46. The molecule has 7 heteroatoms. The highest BCUT2D eigenvalue weighted by Crippen LogP contribution is 2.21. The summed E-state index contributed by atoms with van der Waals surface area (Å²) in [4.78, 5) is 0.725. The summed E-state index contributed by atoms with van der Waals surface area (Å²) in [6, 6.07) is 14.5. The molecule has 4 nitrogen and oxygen atoms in total. The van der Waals surface area contributed by atoms with Gasteiger partial charge in [0.25, 0.3) is 0 Å². The Balaban J connectivity index is 2.01. The van der Waals surface area contributed by atoms with Crippen LogP contribution in [0, 0.1) is 0 Å². The van der Waals surface area contributed by atoms with Gasteiger partial charge in [0.1, 0.15) is 5.75 Å². The lowest BCUT2D eigenvalue weighted by Gasteiger charge is -2.09. The molecule has 1 aromatic heterocycles. The third kappa shape index (κ3) is 3.35. The maximum Gasteiger partial charge on any atom is 0.387 e. The van der Waals surface area contributed by atoms with Crippen LogP contribution in [0.25, 0.3) is 10.2 Å². The van der Waals surface area contributed by atoms with Crippen molar-refractivity contribution in [1.29, 1.82) is 0 Å². The molecule has 0 unspecified atom stereocenters. The highest BCUT2D eigenvalue weighted by Gasteiger charge is 2.11. The van der Waals surface area contributed by atoms with Crippen LogP contribution >= 0.6 is 11.3 Å². The van der Waals surface area contributed by atoms with Crippen molar-refractivity contribution >= 4 is 27.3 Å². The number of halogens is 2. The van der Waals surface area contributed by atoms with Gasteiger partial charge in [0.2, 0.25) is 4.80 Å². The van der Waals surface area contributed by atoms with Crippen LogP contribution in [0.15, 0.2) is 58.7 Å². The van der Waals surface area contributed by atoms with Gasteiger partial charge in [-0.25, -0.2) is 0 Å². The number of aryl methyl sites for hydroxylation is 1. The van der Waals surface area contributed by atoms with Crippen molar-refractivity contribution in [2.24, 2.45) is 17.3 Å². The fourth-order valence-electron chi connectivity index (χ4n) is 2.31. The van der Waals surface area contributed by atoms with Gasteiger partial charge >= 0.3 is 6.61 Å². The normalized spacial score (nSPS) is 13.0. The summed E-state index contributed by atoms with van der Waals surface area (Å²) < 4.78 is 32.6. The maximum atomic E-state index is 12.5. The van der Waals surface area contributed by atoms with Gasteiger partial charge in [0, 0.05) is 12.6 Å². The predicted octanol–water partition coefficient (Wildman–Crippen LogP) is 4.17. The van der Waals surface area contributed by atoms with Crippen molar-refractivity contribution in [2.45, 2.75) is 13.5 Å². The average Bonchev–Trinajstić information content (AvgIpc) is 2.89. The Labute approximate surface area is 141 Å². The molecule has 124 valence electrons. The van der Waals surface area contributed by atoms with Crippen LogP contribution in [0.1, 0.15) is 12.5 Å². The second-order valence-corrected chi connectivity index (χ2v) is 6.08. The van der Waals surface area contributed by atoms with E-state index in [9.17, 15) is 8.78 Å². The molecule has 0 atom stereocenters. The number of hydrogen-bond donors (Lipinski definition) is 0. The van der Waals surface area contributed by atoms with E-state index in [2.05, 4.69) is 14.9 Å². The summed E-state index contributed by atoms with van der Waals surface area (Å²) in [5.74, 6) is 0.0877. The minimum Gasteiger partial charge on any atom is -0.434 e. The van der Waals surface area contributed by atoms with E-state index in [0.717, 1.165) is 15.0 Å². The summed E-state index contributed by atoms with van der Waals surface area (Å²) in [7, 11) is 1.91. The van der Waals surface area contributed by atoms with E-state index in [-0.39, 0.29) is 5.75 Å². The standard InChI is InChI=1S/C17H15F2N3OS/c1-11(12-7-3-5-9-14(12)23-16(18)19)20-21-17-22(2)13-8-4-6-10-15(13)24-17/h3-10,16H,1-2H3. The number of ether oxygens (including phenoxy) is 1. The third-order valence-corrected chi connectivity index (χ3v) is 4.60. The van der Waals surface area contributed by atoms with Crippen LogP contribution in [-0.4, -0.2) is 16.9 Å². The van der Waals surface area contributed by atoms with E-state index in [0.29, 0.717) is 11.3 Å². The van der Waals surface area contributed by atoms with Gasteiger partial charge in [0.15, 0.2) is 0 Å². The fraction of sp³-hybridized carbons (Fsp3) is 0.176. The quantitative estimate of drug-likeness (QED) is 0.516. The Morgan fingerprint density at radius 3 is 2.58 bits per heavy atom. The second kappa shape index (κ2) is 6.92. The largest absolute Gasteiger partial charge is 0.434 e. The molecule has 24 heavy (non-hydrogen) atoms.